The molecule has 0 bridgehead atoms. The van der Waals surface area contributed by atoms with Crippen LogP contribution < -0.4 is 0 Å². The van der Waals surface area contributed by atoms with E-state index in [0.717, 1.165) is 23.0 Å². The van der Waals surface area contributed by atoms with Crippen molar-refractivity contribution in [3.05, 3.63) is 63.6 Å². The summed E-state index contributed by atoms with van der Waals surface area (Å²) in [4.78, 5) is 2.62. The molecule has 2 heterocycles. The van der Waals surface area contributed by atoms with Crippen LogP contribution in [0.15, 0.2) is 51.8 Å². The van der Waals surface area contributed by atoms with Crippen molar-refractivity contribution in [1.29, 1.82) is 0 Å². The van der Waals surface area contributed by atoms with Gasteiger partial charge in [0.05, 0.1) is 4.90 Å². The van der Waals surface area contributed by atoms with E-state index in [1.165, 1.54) is 11.1 Å². The molecule has 126 valence electrons. The van der Waals surface area contributed by atoms with E-state index < -0.39 is 10.0 Å². The fraction of sp³-hybridized carbons (Fsp3) is 0.333. The standard InChI is InChI=1S/C18H19BrN2O2S/c1-20-10-9-13-3-2-4-14-11-21(12-17(20)18(13)14)24(22,23)16-7-5-15(19)6-8-16/h2-8,17H,9-12H2,1H3. The quantitative estimate of drug-likeness (QED) is 0.768. The number of hydrogen-bond acceptors (Lipinski definition) is 3. The van der Waals surface area contributed by atoms with Gasteiger partial charge in [-0.15, -0.1) is 0 Å². The zero-order chi connectivity index (χ0) is 16.9. The lowest BCUT2D eigenvalue weighted by molar-refractivity contribution is 0.178. The van der Waals surface area contributed by atoms with Gasteiger partial charge in [0, 0.05) is 30.1 Å². The first kappa shape index (κ1) is 16.3. The first-order valence-electron chi connectivity index (χ1n) is 8.03. The highest BCUT2D eigenvalue weighted by Gasteiger charge is 2.37. The molecule has 0 radical (unpaired) electrons. The Hall–Kier alpha value is -1.21. The molecule has 0 aromatic heterocycles. The lowest BCUT2D eigenvalue weighted by atomic mass is 9.86. The van der Waals surface area contributed by atoms with Crippen LogP contribution in [0.2, 0.25) is 0 Å². The Labute approximate surface area is 151 Å². The molecule has 24 heavy (non-hydrogen) atoms. The van der Waals surface area contributed by atoms with Crippen LogP contribution in [-0.4, -0.2) is 37.8 Å². The molecular formula is C18H19BrN2O2S. The summed E-state index contributed by atoms with van der Waals surface area (Å²) in [5, 5.41) is 0. The molecule has 0 saturated heterocycles. The predicted octanol–water partition coefficient (Wildman–Crippen LogP) is 3.18. The van der Waals surface area contributed by atoms with Crippen molar-refractivity contribution in [1.82, 2.24) is 9.21 Å². The summed E-state index contributed by atoms with van der Waals surface area (Å²) >= 11 is 3.36. The fourth-order valence-electron chi connectivity index (χ4n) is 3.74. The third-order valence-corrected chi connectivity index (χ3v) is 7.42. The largest absolute Gasteiger partial charge is 0.298 e. The number of rotatable bonds is 2. The van der Waals surface area contributed by atoms with Crippen LogP contribution in [0.5, 0.6) is 0 Å². The predicted molar refractivity (Wildman–Crippen MR) is 97.3 cm³/mol. The summed E-state index contributed by atoms with van der Waals surface area (Å²) in [6, 6.07) is 13.3. The zero-order valence-electron chi connectivity index (χ0n) is 13.4. The molecule has 0 fully saturated rings. The number of sulfonamides is 1. The van der Waals surface area contributed by atoms with Gasteiger partial charge in [-0.2, -0.15) is 4.31 Å². The van der Waals surface area contributed by atoms with Crippen molar-refractivity contribution >= 4 is 26.0 Å². The third-order valence-electron chi connectivity index (χ3n) is 5.06. The maximum atomic E-state index is 13.1. The molecule has 0 amide bonds. The molecule has 2 aliphatic rings. The summed E-state index contributed by atoms with van der Waals surface area (Å²) in [6.45, 7) is 1.93. The second-order valence-electron chi connectivity index (χ2n) is 6.49. The molecule has 1 atom stereocenters. The summed E-state index contributed by atoms with van der Waals surface area (Å²) in [5.74, 6) is 0. The number of likely N-dealkylation sites (N-methyl/N-ethyl adjacent to an activating group) is 1. The normalized spacial score (nSPS) is 21.5. The monoisotopic (exact) mass is 406 g/mol. The maximum Gasteiger partial charge on any atom is 0.243 e. The van der Waals surface area contributed by atoms with Gasteiger partial charge in [0.1, 0.15) is 0 Å². The van der Waals surface area contributed by atoms with Crippen LogP contribution in [0.4, 0.5) is 0 Å². The summed E-state index contributed by atoms with van der Waals surface area (Å²) in [5.41, 5.74) is 3.85. The SMILES string of the molecule is CN1CCc2cccc3c2C1CN(S(=O)(=O)c1ccc(Br)cc1)C3. The van der Waals surface area contributed by atoms with Crippen LogP contribution in [0.1, 0.15) is 22.7 Å². The fourth-order valence-corrected chi connectivity index (χ4v) is 5.43. The Morgan fingerprint density at radius 2 is 1.79 bits per heavy atom. The Bertz CT molecular complexity index is 880. The van der Waals surface area contributed by atoms with Crippen molar-refractivity contribution in [3.8, 4) is 0 Å². The van der Waals surface area contributed by atoms with Gasteiger partial charge in [-0.25, -0.2) is 8.42 Å². The Morgan fingerprint density at radius 3 is 2.54 bits per heavy atom. The van der Waals surface area contributed by atoms with E-state index in [1.54, 1.807) is 28.6 Å². The molecule has 4 nitrogen and oxygen atoms in total. The van der Waals surface area contributed by atoms with Crippen LogP contribution in [0, 0.1) is 0 Å². The smallest absolute Gasteiger partial charge is 0.243 e. The molecule has 1 unspecified atom stereocenters. The maximum absolute atomic E-state index is 13.1. The molecular weight excluding hydrogens is 388 g/mol. The third kappa shape index (κ3) is 2.62. The molecule has 0 aliphatic carbocycles. The van der Waals surface area contributed by atoms with E-state index in [0.29, 0.717) is 18.0 Å². The van der Waals surface area contributed by atoms with E-state index in [1.807, 2.05) is 6.07 Å². The van der Waals surface area contributed by atoms with Crippen molar-refractivity contribution in [3.63, 3.8) is 0 Å². The minimum absolute atomic E-state index is 0.143. The van der Waals surface area contributed by atoms with E-state index in [2.05, 4.69) is 40.0 Å². The average Bonchev–Trinajstić information content (AvgIpc) is 2.58. The topological polar surface area (TPSA) is 40.6 Å². The van der Waals surface area contributed by atoms with E-state index in [-0.39, 0.29) is 6.04 Å². The van der Waals surface area contributed by atoms with Crippen molar-refractivity contribution in [2.24, 2.45) is 0 Å². The Kier molecular flexibility index (Phi) is 4.03. The van der Waals surface area contributed by atoms with Crippen LogP contribution in [0.3, 0.4) is 0 Å². The summed E-state index contributed by atoms with van der Waals surface area (Å²) in [6.07, 6.45) is 1.04. The molecule has 2 aromatic rings. The second-order valence-corrected chi connectivity index (χ2v) is 9.34. The Morgan fingerprint density at radius 1 is 1.08 bits per heavy atom. The highest BCUT2D eigenvalue weighted by Crippen LogP contribution is 2.38. The lowest BCUT2D eigenvalue weighted by Crippen LogP contribution is -2.46. The minimum atomic E-state index is -3.49. The van der Waals surface area contributed by atoms with Crippen molar-refractivity contribution in [2.75, 3.05) is 20.1 Å². The van der Waals surface area contributed by atoms with Gasteiger partial charge in [0.15, 0.2) is 0 Å². The Balaban J connectivity index is 1.75. The van der Waals surface area contributed by atoms with Gasteiger partial charge in [0.25, 0.3) is 0 Å². The van der Waals surface area contributed by atoms with Crippen molar-refractivity contribution in [2.45, 2.75) is 23.9 Å². The van der Waals surface area contributed by atoms with Crippen LogP contribution >= 0.6 is 15.9 Å². The van der Waals surface area contributed by atoms with Crippen molar-refractivity contribution < 1.29 is 8.42 Å². The summed E-state index contributed by atoms with van der Waals surface area (Å²) in [7, 11) is -1.41. The van der Waals surface area contributed by atoms with E-state index in [4.69, 9.17) is 0 Å². The first-order valence-corrected chi connectivity index (χ1v) is 10.3. The van der Waals surface area contributed by atoms with Crippen LogP contribution in [0.25, 0.3) is 0 Å². The summed E-state index contributed by atoms with van der Waals surface area (Å²) < 4.78 is 28.6. The molecule has 0 N–H and O–H groups in total. The lowest BCUT2D eigenvalue weighted by Gasteiger charge is -2.42. The van der Waals surface area contributed by atoms with Gasteiger partial charge in [-0.05, 0) is 54.4 Å². The molecule has 2 aromatic carbocycles. The average molecular weight is 407 g/mol. The van der Waals surface area contributed by atoms with Crippen LogP contribution in [-0.2, 0) is 23.0 Å². The van der Waals surface area contributed by atoms with Gasteiger partial charge < -0.3 is 0 Å². The number of nitrogens with zero attached hydrogens (tertiary/aromatic N) is 2. The number of halogens is 1. The van der Waals surface area contributed by atoms with Gasteiger partial charge in [-0.1, -0.05) is 34.1 Å². The second kappa shape index (κ2) is 5.95. The zero-order valence-corrected chi connectivity index (χ0v) is 15.8. The first-order chi connectivity index (χ1) is 11.5. The highest BCUT2D eigenvalue weighted by atomic mass is 79.9. The van der Waals surface area contributed by atoms with Gasteiger partial charge in [-0.3, -0.25) is 4.90 Å². The molecule has 4 rings (SSSR count). The number of benzene rings is 2. The molecule has 0 spiro atoms. The molecule has 2 aliphatic heterocycles. The van der Waals surface area contributed by atoms with Gasteiger partial charge in [0.2, 0.25) is 10.0 Å². The molecule has 6 heteroatoms. The highest BCUT2D eigenvalue weighted by molar-refractivity contribution is 9.10. The van der Waals surface area contributed by atoms with E-state index >= 15 is 0 Å². The molecule has 0 saturated carbocycles. The minimum Gasteiger partial charge on any atom is -0.298 e. The number of hydrogen-bond donors (Lipinski definition) is 0. The van der Waals surface area contributed by atoms with Gasteiger partial charge >= 0.3 is 0 Å². The van der Waals surface area contributed by atoms with E-state index in [9.17, 15) is 8.42 Å².